The van der Waals surface area contributed by atoms with Gasteiger partial charge in [0.25, 0.3) is 0 Å². The molecule has 23 heavy (non-hydrogen) atoms. The van der Waals surface area contributed by atoms with Crippen LogP contribution in [0.1, 0.15) is 24.4 Å². The van der Waals surface area contributed by atoms with E-state index in [1.54, 1.807) is 12.1 Å². The summed E-state index contributed by atoms with van der Waals surface area (Å²) in [6.07, 6.45) is -5.22. The van der Waals surface area contributed by atoms with Gasteiger partial charge in [-0.25, -0.2) is 0 Å². The number of aromatic hydroxyl groups is 1. The lowest BCUT2D eigenvalue weighted by atomic mass is 9.98. The van der Waals surface area contributed by atoms with Crippen LogP contribution in [0.25, 0.3) is 0 Å². The molecule has 2 N–H and O–H groups in total. The van der Waals surface area contributed by atoms with Crippen LogP contribution >= 0.6 is 15.9 Å². The third-order valence-electron chi connectivity index (χ3n) is 3.94. The first-order valence-corrected chi connectivity index (χ1v) is 8.19. The third kappa shape index (κ3) is 4.99. The van der Waals surface area contributed by atoms with Crippen molar-refractivity contribution in [1.82, 2.24) is 10.2 Å². The molecule has 8 heteroatoms. The Labute approximate surface area is 141 Å². The number of rotatable bonds is 5. The fourth-order valence-electron chi connectivity index (χ4n) is 2.83. The summed E-state index contributed by atoms with van der Waals surface area (Å²) in [5.41, 5.74) is 0.461. The van der Waals surface area contributed by atoms with Crippen LogP contribution < -0.4 is 10.1 Å². The van der Waals surface area contributed by atoms with E-state index < -0.39 is 18.6 Å². The predicted molar refractivity (Wildman–Crippen MR) is 84.8 cm³/mol. The molecule has 1 aliphatic rings. The van der Waals surface area contributed by atoms with Crippen LogP contribution in [0.4, 0.5) is 13.2 Å². The molecule has 0 aliphatic carbocycles. The molecule has 0 saturated carbocycles. The van der Waals surface area contributed by atoms with Crippen molar-refractivity contribution in [3.8, 4) is 11.5 Å². The minimum absolute atomic E-state index is 0.0959. The van der Waals surface area contributed by atoms with Gasteiger partial charge >= 0.3 is 6.18 Å². The quantitative estimate of drug-likeness (QED) is 0.799. The Morgan fingerprint density at radius 1 is 1.35 bits per heavy atom. The van der Waals surface area contributed by atoms with E-state index in [0.29, 0.717) is 36.2 Å². The van der Waals surface area contributed by atoms with Gasteiger partial charge in [-0.2, -0.15) is 13.2 Å². The van der Waals surface area contributed by atoms with Gasteiger partial charge in [0.15, 0.2) is 11.5 Å². The molecule has 1 atom stereocenters. The van der Waals surface area contributed by atoms with Crippen molar-refractivity contribution in [2.75, 3.05) is 33.3 Å². The molecule has 0 spiro atoms. The number of hydrogen-bond acceptors (Lipinski definition) is 4. The number of nitrogens with zero attached hydrogens (tertiary/aromatic N) is 1. The molecule has 0 unspecified atom stereocenters. The average Bonchev–Trinajstić information content (AvgIpc) is 2.50. The first-order chi connectivity index (χ1) is 10.8. The summed E-state index contributed by atoms with van der Waals surface area (Å²) >= 11 is 3.33. The topological polar surface area (TPSA) is 44.7 Å². The van der Waals surface area contributed by atoms with Crippen molar-refractivity contribution in [3.05, 3.63) is 22.2 Å². The molecule has 1 aromatic rings. The van der Waals surface area contributed by atoms with Gasteiger partial charge in [0.1, 0.15) is 0 Å². The van der Waals surface area contributed by atoms with Crippen molar-refractivity contribution in [1.29, 1.82) is 0 Å². The number of ether oxygens (including phenoxy) is 1. The maximum absolute atomic E-state index is 12.7. The molecule has 130 valence electrons. The van der Waals surface area contributed by atoms with Gasteiger partial charge in [-0.3, -0.25) is 4.90 Å². The Morgan fingerprint density at radius 2 is 2.00 bits per heavy atom. The van der Waals surface area contributed by atoms with Crippen molar-refractivity contribution in [2.24, 2.45) is 0 Å². The van der Waals surface area contributed by atoms with Crippen LogP contribution in [-0.2, 0) is 0 Å². The molecule has 4 nitrogen and oxygen atoms in total. The summed E-state index contributed by atoms with van der Waals surface area (Å²) in [7, 11) is 1.42. The number of halogens is 4. The maximum Gasteiger partial charge on any atom is 0.389 e. The Morgan fingerprint density at radius 3 is 2.57 bits per heavy atom. The van der Waals surface area contributed by atoms with E-state index >= 15 is 0 Å². The Kier molecular flexibility index (Phi) is 6.16. The molecule has 0 radical (unpaired) electrons. The highest BCUT2D eigenvalue weighted by atomic mass is 79.9. The molecule has 1 aromatic carbocycles. The number of phenols is 1. The lowest BCUT2D eigenvalue weighted by Gasteiger charge is -2.36. The SMILES string of the molecule is COc1cc(Br)cc([C@H](CCC(F)(F)F)N2CCNCC2)c1O. The summed E-state index contributed by atoms with van der Waals surface area (Å²) in [6, 6.07) is 2.75. The number of alkyl halides is 3. The summed E-state index contributed by atoms with van der Waals surface area (Å²) in [4.78, 5) is 1.98. The monoisotopic (exact) mass is 396 g/mol. The van der Waals surface area contributed by atoms with Gasteiger partial charge in [0.2, 0.25) is 0 Å². The lowest BCUT2D eigenvalue weighted by Crippen LogP contribution is -2.45. The second kappa shape index (κ2) is 7.72. The fourth-order valence-corrected chi connectivity index (χ4v) is 3.29. The smallest absolute Gasteiger partial charge is 0.389 e. The second-order valence-electron chi connectivity index (χ2n) is 5.50. The summed E-state index contributed by atoms with van der Waals surface area (Å²) in [6.45, 7) is 2.70. The molecular formula is C15H20BrF3N2O2. The van der Waals surface area contributed by atoms with E-state index in [9.17, 15) is 18.3 Å². The van der Waals surface area contributed by atoms with Crippen LogP contribution in [0.2, 0.25) is 0 Å². The third-order valence-corrected chi connectivity index (χ3v) is 4.40. The fraction of sp³-hybridized carbons (Fsp3) is 0.600. The van der Waals surface area contributed by atoms with E-state index in [2.05, 4.69) is 21.2 Å². The maximum atomic E-state index is 12.7. The predicted octanol–water partition coefficient (Wildman–Crippen LogP) is 3.45. The summed E-state index contributed by atoms with van der Waals surface area (Å²) in [5.74, 6) is 0.155. The van der Waals surface area contributed by atoms with Crippen LogP contribution in [0, 0.1) is 0 Å². The van der Waals surface area contributed by atoms with Crippen molar-refractivity contribution >= 4 is 15.9 Å². The number of piperazine rings is 1. The highest BCUT2D eigenvalue weighted by Gasteiger charge is 2.33. The van der Waals surface area contributed by atoms with E-state index in [4.69, 9.17) is 4.74 Å². The number of phenolic OH excluding ortho intramolecular Hbond substituents is 1. The van der Waals surface area contributed by atoms with E-state index in [1.165, 1.54) is 7.11 Å². The number of nitrogens with one attached hydrogen (secondary N) is 1. The van der Waals surface area contributed by atoms with Crippen molar-refractivity contribution in [2.45, 2.75) is 25.1 Å². The van der Waals surface area contributed by atoms with E-state index in [0.717, 1.165) is 0 Å². The zero-order valence-corrected chi connectivity index (χ0v) is 14.4. The molecular weight excluding hydrogens is 377 g/mol. The number of methoxy groups -OCH3 is 1. The van der Waals surface area contributed by atoms with Gasteiger partial charge < -0.3 is 15.2 Å². The molecule has 1 heterocycles. The van der Waals surface area contributed by atoms with Gasteiger partial charge in [0, 0.05) is 48.7 Å². The van der Waals surface area contributed by atoms with Gasteiger partial charge in [-0.05, 0) is 18.6 Å². The van der Waals surface area contributed by atoms with E-state index in [-0.39, 0.29) is 17.9 Å². The van der Waals surface area contributed by atoms with Gasteiger partial charge in [-0.15, -0.1) is 0 Å². The Balaban J connectivity index is 2.33. The average molecular weight is 397 g/mol. The minimum Gasteiger partial charge on any atom is -0.504 e. The molecule has 1 saturated heterocycles. The molecule has 0 bridgehead atoms. The van der Waals surface area contributed by atoms with Crippen LogP contribution in [-0.4, -0.2) is 49.5 Å². The van der Waals surface area contributed by atoms with Gasteiger partial charge in [0.05, 0.1) is 7.11 Å². The number of benzene rings is 1. The zero-order chi connectivity index (χ0) is 17.0. The van der Waals surface area contributed by atoms with E-state index in [1.807, 2.05) is 4.90 Å². The van der Waals surface area contributed by atoms with Crippen LogP contribution in [0.15, 0.2) is 16.6 Å². The molecule has 1 aliphatic heterocycles. The molecule has 1 fully saturated rings. The van der Waals surface area contributed by atoms with Crippen molar-refractivity contribution < 1.29 is 23.0 Å². The highest BCUT2D eigenvalue weighted by Crippen LogP contribution is 2.41. The standard InChI is InChI=1S/C15H20BrF3N2O2/c1-23-13-9-10(16)8-11(14(13)22)12(2-3-15(17,18)19)21-6-4-20-5-7-21/h8-9,12,20,22H,2-7H2,1H3/t12-/m0/s1. The zero-order valence-electron chi connectivity index (χ0n) is 12.8. The minimum atomic E-state index is -4.22. The number of hydrogen-bond donors (Lipinski definition) is 2. The highest BCUT2D eigenvalue weighted by molar-refractivity contribution is 9.10. The summed E-state index contributed by atoms with van der Waals surface area (Å²) < 4.78 is 43.9. The Hall–Kier alpha value is -0.990. The Bertz CT molecular complexity index is 534. The first kappa shape index (κ1) is 18.4. The first-order valence-electron chi connectivity index (χ1n) is 7.39. The van der Waals surface area contributed by atoms with Crippen molar-refractivity contribution in [3.63, 3.8) is 0 Å². The van der Waals surface area contributed by atoms with Crippen LogP contribution in [0.3, 0.4) is 0 Å². The lowest BCUT2D eigenvalue weighted by molar-refractivity contribution is -0.138. The normalized spacial score (nSPS) is 18.0. The largest absolute Gasteiger partial charge is 0.504 e. The summed E-state index contributed by atoms with van der Waals surface area (Å²) in [5, 5.41) is 13.6. The second-order valence-corrected chi connectivity index (χ2v) is 6.42. The molecule has 2 rings (SSSR count). The molecule has 0 amide bonds. The molecule has 0 aromatic heterocycles. The van der Waals surface area contributed by atoms with Crippen LogP contribution in [0.5, 0.6) is 11.5 Å². The van der Waals surface area contributed by atoms with Gasteiger partial charge in [-0.1, -0.05) is 15.9 Å².